The molecule has 0 amide bonds. The van der Waals surface area contributed by atoms with Crippen LogP contribution in [0.3, 0.4) is 0 Å². The summed E-state index contributed by atoms with van der Waals surface area (Å²) in [4.78, 5) is 2.35. The quantitative estimate of drug-likeness (QED) is 0.601. The van der Waals surface area contributed by atoms with E-state index in [-0.39, 0.29) is 0 Å². The van der Waals surface area contributed by atoms with E-state index >= 15 is 0 Å². The Labute approximate surface area is 105 Å². The van der Waals surface area contributed by atoms with Crippen molar-refractivity contribution in [2.24, 2.45) is 5.84 Å². The molecule has 1 aromatic heterocycles. The average molecular weight is 257 g/mol. The first-order valence-corrected chi connectivity index (χ1v) is 6.72. The maximum Gasteiger partial charge on any atom is 0.148 e. The van der Waals surface area contributed by atoms with Gasteiger partial charge in [0.1, 0.15) is 10.7 Å². The van der Waals surface area contributed by atoms with Crippen molar-refractivity contribution in [3.05, 3.63) is 5.69 Å². The predicted octanol–water partition coefficient (Wildman–Crippen LogP) is 0.825. The van der Waals surface area contributed by atoms with Crippen LogP contribution in [0.25, 0.3) is 0 Å². The van der Waals surface area contributed by atoms with Gasteiger partial charge in [-0.15, -0.1) is 5.10 Å². The number of piperidine rings is 1. The maximum atomic E-state index is 5.67. The van der Waals surface area contributed by atoms with Crippen LogP contribution in [0.15, 0.2) is 0 Å². The number of anilines is 1. The molecule has 96 valence electrons. The molecule has 1 aliphatic heterocycles. The summed E-state index contributed by atoms with van der Waals surface area (Å²) in [6.07, 6.45) is 2.68. The van der Waals surface area contributed by atoms with Crippen LogP contribution in [0.5, 0.6) is 0 Å². The molecule has 1 unspecified atom stereocenters. The number of nitrogens with zero attached hydrogens (tertiary/aromatic N) is 3. The SMILES string of the molecule is CCOC1CCCN(Cc2nnsc2NN)C1. The summed E-state index contributed by atoms with van der Waals surface area (Å²) in [6.45, 7) is 5.67. The number of nitrogens with one attached hydrogen (secondary N) is 1. The summed E-state index contributed by atoms with van der Waals surface area (Å²) in [5.41, 5.74) is 3.56. The third kappa shape index (κ3) is 3.35. The lowest BCUT2D eigenvalue weighted by atomic mass is 10.1. The summed E-state index contributed by atoms with van der Waals surface area (Å²) >= 11 is 1.29. The van der Waals surface area contributed by atoms with E-state index in [1.807, 2.05) is 6.92 Å². The zero-order valence-electron chi connectivity index (χ0n) is 10.1. The normalized spacial score (nSPS) is 21.6. The number of nitrogen functional groups attached to an aromatic ring is 1. The predicted molar refractivity (Wildman–Crippen MR) is 67.6 cm³/mol. The summed E-state index contributed by atoms with van der Waals surface area (Å²) in [7, 11) is 0. The number of rotatable bonds is 5. The van der Waals surface area contributed by atoms with Gasteiger partial charge in [0.2, 0.25) is 0 Å². The van der Waals surface area contributed by atoms with Gasteiger partial charge in [-0.2, -0.15) is 0 Å². The van der Waals surface area contributed by atoms with E-state index < -0.39 is 0 Å². The smallest absolute Gasteiger partial charge is 0.148 e. The Morgan fingerprint density at radius 3 is 3.29 bits per heavy atom. The van der Waals surface area contributed by atoms with Gasteiger partial charge in [-0.25, -0.2) is 5.84 Å². The standard InChI is InChI=1S/C10H19N5OS/c1-2-16-8-4-3-5-15(6-8)7-9-10(12-11)17-14-13-9/h8,12H,2-7,11H2,1H3. The van der Waals surface area contributed by atoms with Crippen molar-refractivity contribution in [2.75, 3.05) is 25.1 Å². The first-order valence-electron chi connectivity index (χ1n) is 5.95. The second-order valence-electron chi connectivity index (χ2n) is 4.15. The van der Waals surface area contributed by atoms with Crippen LogP contribution in [0.2, 0.25) is 0 Å². The highest BCUT2D eigenvalue weighted by atomic mass is 32.1. The minimum Gasteiger partial charge on any atom is -0.377 e. The number of nitrogens with two attached hydrogens (primary N) is 1. The van der Waals surface area contributed by atoms with Gasteiger partial charge in [-0.1, -0.05) is 4.49 Å². The first-order chi connectivity index (χ1) is 8.33. The molecular formula is C10H19N5OS. The van der Waals surface area contributed by atoms with Crippen molar-refractivity contribution < 1.29 is 4.74 Å². The molecule has 6 nitrogen and oxygen atoms in total. The van der Waals surface area contributed by atoms with Crippen LogP contribution in [0, 0.1) is 0 Å². The molecule has 1 aliphatic rings. The monoisotopic (exact) mass is 257 g/mol. The fraction of sp³-hybridized carbons (Fsp3) is 0.800. The summed E-state index contributed by atoms with van der Waals surface area (Å²) in [5.74, 6) is 5.41. The van der Waals surface area contributed by atoms with E-state index in [9.17, 15) is 0 Å². The maximum absolute atomic E-state index is 5.67. The van der Waals surface area contributed by atoms with E-state index in [2.05, 4.69) is 19.9 Å². The second-order valence-corrected chi connectivity index (χ2v) is 4.90. The molecule has 0 aliphatic carbocycles. The Hall–Kier alpha value is -0.760. The molecule has 1 saturated heterocycles. The molecule has 17 heavy (non-hydrogen) atoms. The van der Waals surface area contributed by atoms with E-state index in [1.54, 1.807) is 0 Å². The van der Waals surface area contributed by atoms with Gasteiger partial charge in [0.15, 0.2) is 0 Å². The van der Waals surface area contributed by atoms with E-state index in [1.165, 1.54) is 18.0 Å². The lowest BCUT2D eigenvalue weighted by Crippen LogP contribution is -2.39. The molecule has 0 radical (unpaired) electrons. The minimum atomic E-state index is 0.356. The number of hydrogen-bond donors (Lipinski definition) is 2. The molecule has 0 spiro atoms. The largest absolute Gasteiger partial charge is 0.377 e. The molecule has 0 aromatic carbocycles. The van der Waals surface area contributed by atoms with Crippen molar-refractivity contribution in [3.8, 4) is 0 Å². The topological polar surface area (TPSA) is 76.3 Å². The number of hydrogen-bond acceptors (Lipinski definition) is 7. The van der Waals surface area contributed by atoms with Gasteiger partial charge >= 0.3 is 0 Å². The Balaban J connectivity index is 1.90. The average Bonchev–Trinajstić information content (AvgIpc) is 2.77. The van der Waals surface area contributed by atoms with E-state index in [0.29, 0.717) is 6.10 Å². The zero-order valence-corrected chi connectivity index (χ0v) is 10.9. The lowest BCUT2D eigenvalue weighted by Gasteiger charge is -2.31. The molecule has 2 rings (SSSR count). The molecule has 1 atom stereocenters. The van der Waals surface area contributed by atoms with Gasteiger partial charge in [-0.3, -0.25) is 4.90 Å². The molecule has 2 heterocycles. The molecule has 0 bridgehead atoms. The molecule has 0 saturated carbocycles. The number of hydrazine groups is 1. The Bertz CT molecular complexity index is 343. The molecule has 1 aromatic rings. The van der Waals surface area contributed by atoms with Crippen LogP contribution >= 0.6 is 11.5 Å². The number of ether oxygens (including phenoxy) is 1. The van der Waals surface area contributed by atoms with E-state index in [0.717, 1.165) is 43.4 Å². The first kappa shape index (κ1) is 12.7. The van der Waals surface area contributed by atoms with Gasteiger partial charge in [0.05, 0.1) is 6.10 Å². The lowest BCUT2D eigenvalue weighted by molar-refractivity contribution is 0.00336. The number of aromatic nitrogens is 2. The third-order valence-corrected chi connectivity index (χ3v) is 3.62. The molecule has 3 N–H and O–H groups in total. The van der Waals surface area contributed by atoms with Gasteiger partial charge in [-0.05, 0) is 26.3 Å². The Kier molecular flexibility index (Phi) is 4.66. The van der Waals surface area contributed by atoms with Crippen LogP contribution in [0.1, 0.15) is 25.5 Å². The van der Waals surface area contributed by atoms with Gasteiger partial charge in [0.25, 0.3) is 0 Å². The molecular weight excluding hydrogens is 238 g/mol. The van der Waals surface area contributed by atoms with Gasteiger partial charge < -0.3 is 10.2 Å². The van der Waals surface area contributed by atoms with E-state index in [4.69, 9.17) is 10.6 Å². The van der Waals surface area contributed by atoms with Crippen molar-refractivity contribution in [2.45, 2.75) is 32.4 Å². The highest BCUT2D eigenvalue weighted by molar-refractivity contribution is 7.10. The third-order valence-electron chi connectivity index (χ3n) is 2.92. The van der Waals surface area contributed by atoms with Crippen LogP contribution in [-0.4, -0.2) is 40.3 Å². The summed E-state index contributed by atoms with van der Waals surface area (Å²) in [5, 5.41) is 4.95. The highest BCUT2D eigenvalue weighted by Crippen LogP contribution is 2.20. The highest BCUT2D eigenvalue weighted by Gasteiger charge is 2.21. The molecule has 1 fully saturated rings. The van der Waals surface area contributed by atoms with Crippen molar-refractivity contribution >= 4 is 16.5 Å². The Morgan fingerprint density at radius 2 is 2.53 bits per heavy atom. The zero-order chi connectivity index (χ0) is 12.1. The van der Waals surface area contributed by atoms with Crippen molar-refractivity contribution in [1.29, 1.82) is 0 Å². The van der Waals surface area contributed by atoms with Gasteiger partial charge in [0, 0.05) is 31.2 Å². The summed E-state index contributed by atoms with van der Waals surface area (Å²) in [6, 6.07) is 0. The minimum absolute atomic E-state index is 0.356. The van der Waals surface area contributed by atoms with Crippen LogP contribution in [0.4, 0.5) is 5.00 Å². The fourth-order valence-electron chi connectivity index (χ4n) is 2.16. The Morgan fingerprint density at radius 1 is 1.65 bits per heavy atom. The van der Waals surface area contributed by atoms with Crippen molar-refractivity contribution in [3.63, 3.8) is 0 Å². The van der Waals surface area contributed by atoms with Crippen LogP contribution in [-0.2, 0) is 11.3 Å². The van der Waals surface area contributed by atoms with Crippen LogP contribution < -0.4 is 11.3 Å². The molecule has 7 heteroatoms. The summed E-state index contributed by atoms with van der Waals surface area (Å²) < 4.78 is 9.58. The number of likely N-dealkylation sites (tertiary alicyclic amines) is 1. The second kappa shape index (κ2) is 6.25. The fourth-order valence-corrected chi connectivity index (χ4v) is 2.65. The van der Waals surface area contributed by atoms with Crippen molar-refractivity contribution in [1.82, 2.24) is 14.5 Å².